The number of hydrogen-bond acceptors (Lipinski definition) is 4. The van der Waals surface area contributed by atoms with Gasteiger partial charge in [-0.05, 0) is 44.4 Å². The lowest BCUT2D eigenvalue weighted by molar-refractivity contribution is 0.340. The maximum Gasteiger partial charge on any atom is 0.292 e. The van der Waals surface area contributed by atoms with Gasteiger partial charge in [0.25, 0.3) is 6.01 Å². The molecule has 0 spiro atoms. The number of nitrogen functional groups attached to an aromatic ring is 1. The van der Waals surface area contributed by atoms with Crippen LogP contribution in [0.5, 0.6) is 5.75 Å². The number of nitrogens with zero attached hydrogens (tertiary/aromatic N) is 1. The highest BCUT2D eigenvalue weighted by atomic mass is 16.5. The van der Waals surface area contributed by atoms with E-state index in [9.17, 15) is 0 Å². The molecule has 18 heavy (non-hydrogen) atoms. The number of rotatable bonds is 5. The van der Waals surface area contributed by atoms with Crippen molar-refractivity contribution in [2.24, 2.45) is 0 Å². The van der Waals surface area contributed by atoms with Crippen molar-refractivity contribution in [3.8, 4) is 5.75 Å². The number of anilines is 1. The second-order valence-corrected chi connectivity index (χ2v) is 4.14. The van der Waals surface area contributed by atoms with Gasteiger partial charge in [0.1, 0.15) is 11.5 Å². The second-order valence-electron chi connectivity index (χ2n) is 4.14. The molecule has 96 valence electrons. The molecule has 0 atom stereocenters. The van der Waals surface area contributed by atoms with Crippen LogP contribution in [0.15, 0.2) is 28.7 Å². The first-order chi connectivity index (χ1) is 8.69. The molecule has 0 amide bonds. The molecule has 0 aliphatic heterocycles. The highest BCUT2D eigenvalue weighted by Crippen LogP contribution is 2.17. The quantitative estimate of drug-likeness (QED) is 0.881. The van der Waals surface area contributed by atoms with E-state index < -0.39 is 0 Å². The fraction of sp³-hybridized carbons (Fsp3) is 0.357. The van der Waals surface area contributed by atoms with Crippen molar-refractivity contribution >= 4 is 6.01 Å². The molecule has 2 rings (SSSR count). The average Bonchev–Trinajstić information content (AvgIpc) is 2.66. The second kappa shape index (κ2) is 5.58. The highest BCUT2D eigenvalue weighted by molar-refractivity contribution is 5.29. The largest absolute Gasteiger partial charge is 0.494 e. The predicted octanol–water partition coefficient (Wildman–Crippen LogP) is 2.75. The van der Waals surface area contributed by atoms with Crippen LogP contribution in [-0.2, 0) is 12.8 Å². The Bertz CT molecular complexity index is 520. The number of aryl methyl sites for hydroxylation is 3. The highest BCUT2D eigenvalue weighted by Gasteiger charge is 2.07. The first-order valence-corrected chi connectivity index (χ1v) is 6.12. The van der Waals surface area contributed by atoms with Crippen molar-refractivity contribution in [1.29, 1.82) is 0 Å². The molecule has 0 saturated carbocycles. The van der Waals surface area contributed by atoms with Crippen LogP contribution in [-0.4, -0.2) is 11.6 Å². The topological polar surface area (TPSA) is 61.3 Å². The molecule has 1 heterocycles. The zero-order valence-electron chi connectivity index (χ0n) is 10.8. The van der Waals surface area contributed by atoms with Crippen molar-refractivity contribution in [2.75, 3.05) is 12.3 Å². The molecule has 0 radical (unpaired) electrons. The van der Waals surface area contributed by atoms with Gasteiger partial charge in [-0.25, -0.2) is 0 Å². The fourth-order valence-corrected chi connectivity index (χ4v) is 1.90. The smallest absolute Gasteiger partial charge is 0.292 e. The summed E-state index contributed by atoms with van der Waals surface area (Å²) in [5, 5.41) is 0. The predicted molar refractivity (Wildman–Crippen MR) is 70.7 cm³/mol. The minimum absolute atomic E-state index is 0.241. The van der Waals surface area contributed by atoms with Gasteiger partial charge in [0.15, 0.2) is 0 Å². The monoisotopic (exact) mass is 246 g/mol. The lowest BCUT2D eigenvalue weighted by atomic mass is 10.1. The third-order valence-corrected chi connectivity index (χ3v) is 2.77. The van der Waals surface area contributed by atoms with E-state index in [0.29, 0.717) is 6.61 Å². The number of benzene rings is 1. The van der Waals surface area contributed by atoms with E-state index in [2.05, 4.69) is 17.1 Å². The lowest BCUT2D eigenvalue weighted by Gasteiger charge is -2.05. The summed E-state index contributed by atoms with van der Waals surface area (Å²) < 4.78 is 10.7. The Morgan fingerprint density at radius 2 is 2.17 bits per heavy atom. The Morgan fingerprint density at radius 1 is 1.33 bits per heavy atom. The summed E-state index contributed by atoms with van der Waals surface area (Å²) in [7, 11) is 0. The third kappa shape index (κ3) is 3.03. The van der Waals surface area contributed by atoms with Gasteiger partial charge in [0.05, 0.1) is 12.3 Å². The minimum Gasteiger partial charge on any atom is -0.494 e. The summed E-state index contributed by atoms with van der Waals surface area (Å²) in [6.45, 7) is 4.55. The number of nitrogens with two attached hydrogens (primary N) is 1. The third-order valence-electron chi connectivity index (χ3n) is 2.77. The van der Waals surface area contributed by atoms with Gasteiger partial charge >= 0.3 is 0 Å². The van der Waals surface area contributed by atoms with Gasteiger partial charge in [-0.15, -0.1) is 0 Å². The summed E-state index contributed by atoms with van der Waals surface area (Å²) in [4.78, 5) is 4.16. The zero-order chi connectivity index (χ0) is 13.0. The number of ether oxygens (including phenoxy) is 1. The maximum absolute atomic E-state index is 5.51. The van der Waals surface area contributed by atoms with Gasteiger partial charge in [0, 0.05) is 0 Å². The van der Waals surface area contributed by atoms with Crippen LogP contribution in [0.3, 0.4) is 0 Å². The SMILES string of the molecule is CCOc1cccc(CCc2nc(N)oc2C)c1. The van der Waals surface area contributed by atoms with Crippen molar-refractivity contribution < 1.29 is 9.15 Å². The van der Waals surface area contributed by atoms with E-state index in [1.807, 2.05) is 26.0 Å². The minimum atomic E-state index is 0.241. The molecule has 0 aliphatic rings. The van der Waals surface area contributed by atoms with E-state index in [1.165, 1.54) is 5.56 Å². The Morgan fingerprint density at radius 3 is 2.83 bits per heavy atom. The molecule has 4 heteroatoms. The summed E-state index contributed by atoms with van der Waals surface area (Å²) >= 11 is 0. The van der Waals surface area contributed by atoms with Crippen LogP contribution < -0.4 is 10.5 Å². The first-order valence-electron chi connectivity index (χ1n) is 6.12. The lowest BCUT2D eigenvalue weighted by Crippen LogP contribution is -1.96. The Kier molecular flexibility index (Phi) is 3.87. The first kappa shape index (κ1) is 12.5. The molecule has 0 bridgehead atoms. The van der Waals surface area contributed by atoms with E-state index in [4.69, 9.17) is 14.9 Å². The molecule has 0 unspecified atom stereocenters. The van der Waals surface area contributed by atoms with Crippen LogP contribution in [0.2, 0.25) is 0 Å². The molecule has 1 aromatic carbocycles. The molecular formula is C14H18N2O2. The van der Waals surface area contributed by atoms with E-state index in [0.717, 1.165) is 30.0 Å². The zero-order valence-corrected chi connectivity index (χ0v) is 10.8. The average molecular weight is 246 g/mol. The Labute approximate surface area is 107 Å². The number of oxazole rings is 1. The molecule has 1 aromatic heterocycles. The van der Waals surface area contributed by atoms with Gasteiger partial charge in [-0.2, -0.15) is 4.98 Å². The summed E-state index contributed by atoms with van der Waals surface area (Å²) in [6, 6.07) is 8.35. The molecule has 0 aliphatic carbocycles. The van der Waals surface area contributed by atoms with Gasteiger partial charge in [-0.1, -0.05) is 12.1 Å². The Hall–Kier alpha value is -1.97. The van der Waals surface area contributed by atoms with Crippen LogP contribution in [0.25, 0.3) is 0 Å². The molecule has 2 N–H and O–H groups in total. The summed E-state index contributed by atoms with van der Waals surface area (Å²) in [5.74, 6) is 1.71. The van der Waals surface area contributed by atoms with Crippen LogP contribution in [0.4, 0.5) is 6.01 Å². The van der Waals surface area contributed by atoms with Gasteiger partial charge < -0.3 is 14.9 Å². The van der Waals surface area contributed by atoms with E-state index in [-0.39, 0.29) is 6.01 Å². The molecule has 0 saturated heterocycles. The normalized spacial score (nSPS) is 10.6. The maximum atomic E-state index is 5.51. The number of aromatic nitrogens is 1. The van der Waals surface area contributed by atoms with Gasteiger partial charge in [-0.3, -0.25) is 0 Å². The van der Waals surface area contributed by atoms with Crippen LogP contribution in [0.1, 0.15) is 23.9 Å². The number of hydrogen-bond donors (Lipinski definition) is 1. The fourth-order valence-electron chi connectivity index (χ4n) is 1.90. The molecule has 4 nitrogen and oxygen atoms in total. The standard InChI is InChI=1S/C14H18N2O2/c1-3-17-12-6-4-5-11(9-12)7-8-13-10(2)18-14(15)16-13/h4-6,9H,3,7-8H2,1-2H3,(H2,15,16). The molecule has 2 aromatic rings. The molecule has 0 fully saturated rings. The Balaban J connectivity index is 2.01. The van der Waals surface area contributed by atoms with Crippen molar-refractivity contribution in [2.45, 2.75) is 26.7 Å². The van der Waals surface area contributed by atoms with Crippen molar-refractivity contribution in [3.63, 3.8) is 0 Å². The summed E-state index contributed by atoms with van der Waals surface area (Å²) in [6.07, 6.45) is 1.72. The van der Waals surface area contributed by atoms with Crippen LogP contribution in [0, 0.1) is 6.92 Å². The van der Waals surface area contributed by atoms with E-state index >= 15 is 0 Å². The van der Waals surface area contributed by atoms with E-state index in [1.54, 1.807) is 0 Å². The van der Waals surface area contributed by atoms with Gasteiger partial charge in [0.2, 0.25) is 0 Å². The van der Waals surface area contributed by atoms with Crippen molar-refractivity contribution in [3.05, 3.63) is 41.3 Å². The van der Waals surface area contributed by atoms with Crippen LogP contribution >= 0.6 is 0 Å². The summed E-state index contributed by atoms with van der Waals surface area (Å²) in [5.41, 5.74) is 7.66. The van der Waals surface area contributed by atoms with Crippen molar-refractivity contribution in [1.82, 2.24) is 4.98 Å². The molecular weight excluding hydrogens is 228 g/mol.